The smallest absolute Gasteiger partial charge is 0.227 e. The Bertz CT molecular complexity index is 730. The van der Waals surface area contributed by atoms with E-state index in [1.54, 1.807) is 12.4 Å². The Morgan fingerprint density at radius 1 is 1.11 bits per heavy atom. The first kappa shape index (κ1) is 19.5. The van der Waals surface area contributed by atoms with Crippen molar-refractivity contribution < 1.29 is 4.79 Å². The number of halogens is 1. The number of benzene rings is 1. The molecule has 1 amide bonds. The molecule has 1 heterocycles. The van der Waals surface area contributed by atoms with Crippen molar-refractivity contribution in [3.8, 4) is 0 Å². The quantitative estimate of drug-likeness (QED) is 0.553. The van der Waals surface area contributed by atoms with Crippen molar-refractivity contribution in [3.05, 3.63) is 66.5 Å². The maximum absolute atomic E-state index is 12.4. The molecule has 1 aromatic heterocycles. The molecule has 142 valence electrons. The van der Waals surface area contributed by atoms with Crippen LogP contribution in [0.5, 0.6) is 0 Å². The van der Waals surface area contributed by atoms with Crippen LogP contribution >= 0.6 is 11.8 Å². The number of nitrogens with one attached hydrogen (secondary N) is 2. The van der Waals surface area contributed by atoms with E-state index in [2.05, 4.69) is 39.5 Å². The highest BCUT2D eigenvalue weighted by Gasteiger charge is 2.29. The molecule has 0 spiro atoms. The third-order valence-corrected chi connectivity index (χ3v) is 5.19. The molecule has 0 bridgehead atoms. The molecule has 0 radical (unpaired) electrons. The molecule has 1 saturated carbocycles. The van der Waals surface area contributed by atoms with Crippen molar-refractivity contribution in [3.63, 3.8) is 0 Å². The molecule has 0 saturated heterocycles. The van der Waals surface area contributed by atoms with E-state index in [0.717, 1.165) is 37.9 Å². The summed E-state index contributed by atoms with van der Waals surface area (Å²) in [4.78, 5) is 19.2. The standard InChI is InChI=1S/C21H25ClN4O/c22-25-26(16-4-7-17-5-2-1-3-6-17)20-10-8-18(9-11-20)21(27)24-19-12-14-23-15-13-19/h1-7,12-15,18,20,25H,8-11,16H2,(H,23,24,27). The van der Waals surface area contributed by atoms with Gasteiger partial charge in [0.2, 0.25) is 5.91 Å². The van der Waals surface area contributed by atoms with Crippen LogP contribution in [0.3, 0.4) is 0 Å². The van der Waals surface area contributed by atoms with E-state index in [-0.39, 0.29) is 11.8 Å². The summed E-state index contributed by atoms with van der Waals surface area (Å²) in [5, 5.41) is 5.02. The van der Waals surface area contributed by atoms with Crippen molar-refractivity contribution >= 4 is 29.4 Å². The van der Waals surface area contributed by atoms with Crippen molar-refractivity contribution in [2.45, 2.75) is 31.7 Å². The number of hydrazine groups is 1. The number of carbonyl (C=O) groups excluding carboxylic acids is 1. The highest BCUT2D eigenvalue weighted by Crippen LogP contribution is 2.28. The van der Waals surface area contributed by atoms with Crippen molar-refractivity contribution in [1.82, 2.24) is 14.9 Å². The summed E-state index contributed by atoms with van der Waals surface area (Å²) in [6.07, 6.45) is 11.2. The fourth-order valence-corrected chi connectivity index (χ4v) is 3.66. The minimum atomic E-state index is 0.0476. The van der Waals surface area contributed by atoms with Gasteiger partial charge in [0.05, 0.1) is 0 Å². The van der Waals surface area contributed by atoms with Crippen LogP contribution in [0.1, 0.15) is 31.2 Å². The molecule has 6 heteroatoms. The van der Waals surface area contributed by atoms with Crippen LogP contribution in [0.2, 0.25) is 0 Å². The van der Waals surface area contributed by atoms with Gasteiger partial charge in [-0.1, -0.05) is 42.5 Å². The van der Waals surface area contributed by atoms with Crippen LogP contribution in [0, 0.1) is 5.92 Å². The molecule has 2 aromatic rings. The van der Waals surface area contributed by atoms with Gasteiger partial charge in [-0.2, -0.15) is 4.94 Å². The normalized spacial score (nSPS) is 20.1. The molecular weight excluding hydrogens is 360 g/mol. The Hall–Kier alpha value is -2.21. The molecule has 1 aliphatic rings. The maximum atomic E-state index is 12.4. The van der Waals surface area contributed by atoms with Gasteiger partial charge in [-0.15, -0.1) is 0 Å². The Morgan fingerprint density at radius 3 is 2.48 bits per heavy atom. The molecule has 2 N–H and O–H groups in total. The molecule has 0 aliphatic heterocycles. The van der Waals surface area contributed by atoms with Gasteiger partial charge < -0.3 is 5.32 Å². The van der Waals surface area contributed by atoms with Gasteiger partial charge in [0, 0.05) is 36.6 Å². The second kappa shape index (κ2) is 10.2. The Balaban J connectivity index is 1.46. The van der Waals surface area contributed by atoms with Crippen molar-refractivity contribution in [2.24, 2.45) is 5.92 Å². The number of nitrogens with zero attached hydrogens (tertiary/aromatic N) is 2. The van der Waals surface area contributed by atoms with Crippen molar-refractivity contribution in [2.75, 3.05) is 11.9 Å². The average molecular weight is 385 g/mol. The van der Waals surface area contributed by atoms with E-state index in [1.165, 1.54) is 5.56 Å². The number of hydrogen-bond acceptors (Lipinski definition) is 4. The Kier molecular flexibility index (Phi) is 7.39. The van der Waals surface area contributed by atoms with E-state index in [0.29, 0.717) is 6.04 Å². The number of aromatic nitrogens is 1. The van der Waals surface area contributed by atoms with Crippen molar-refractivity contribution in [1.29, 1.82) is 0 Å². The molecule has 3 rings (SSSR count). The molecule has 1 aliphatic carbocycles. The predicted molar refractivity (Wildman–Crippen MR) is 110 cm³/mol. The Labute approximate surface area is 165 Å². The minimum Gasteiger partial charge on any atom is -0.326 e. The van der Waals surface area contributed by atoms with Crippen LogP contribution in [-0.2, 0) is 4.79 Å². The van der Waals surface area contributed by atoms with E-state index in [1.807, 2.05) is 35.3 Å². The van der Waals surface area contributed by atoms with E-state index >= 15 is 0 Å². The van der Waals surface area contributed by atoms with Gasteiger partial charge in [0.1, 0.15) is 0 Å². The highest BCUT2D eigenvalue weighted by molar-refractivity contribution is 6.13. The summed E-state index contributed by atoms with van der Waals surface area (Å²) in [6.45, 7) is 0.719. The summed E-state index contributed by atoms with van der Waals surface area (Å²) in [5.41, 5.74) is 1.97. The highest BCUT2D eigenvalue weighted by atomic mass is 35.5. The molecule has 1 aromatic carbocycles. The number of hydrogen-bond donors (Lipinski definition) is 2. The first-order chi connectivity index (χ1) is 13.3. The zero-order valence-electron chi connectivity index (χ0n) is 15.2. The van der Waals surface area contributed by atoms with E-state index in [9.17, 15) is 4.79 Å². The first-order valence-electron chi connectivity index (χ1n) is 9.31. The molecule has 0 unspecified atom stereocenters. The topological polar surface area (TPSA) is 57.3 Å². The third kappa shape index (κ3) is 5.89. The Morgan fingerprint density at radius 2 is 1.81 bits per heavy atom. The molecule has 1 fully saturated rings. The van der Waals surface area contributed by atoms with Gasteiger partial charge in [0.25, 0.3) is 0 Å². The molecular formula is C21H25ClN4O. The molecule has 0 atom stereocenters. The van der Waals surface area contributed by atoms with Crippen LogP contribution in [0.15, 0.2) is 60.9 Å². The number of amides is 1. The fourth-order valence-electron chi connectivity index (χ4n) is 3.45. The largest absolute Gasteiger partial charge is 0.326 e. The molecule has 5 nitrogen and oxygen atoms in total. The van der Waals surface area contributed by atoms with Gasteiger partial charge >= 0.3 is 0 Å². The second-order valence-electron chi connectivity index (χ2n) is 6.78. The summed E-state index contributed by atoms with van der Waals surface area (Å²) in [5.74, 6) is 0.139. The lowest BCUT2D eigenvalue weighted by Crippen LogP contribution is -2.44. The van der Waals surface area contributed by atoms with Crippen LogP contribution in [0.25, 0.3) is 6.08 Å². The number of carbonyl (C=O) groups is 1. The number of anilines is 1. The van der Waals surface area contributed by atoms with Crippen LogP contribution < -0.4 is 10.3 Å². The lowest BCUT2D eigenvalue weighted by Gasteiger charge is -2.34. The fraction of sp³-hybridized carbons (Fsp3) is 0.333. The molecule has 27 heavy (non-hydrogen) atoms. The summed E-state index contributed by atoms with van der Waals surface area (Å²) in [7, 11) is 0. The van der Waals surface area contributed by atoms with E-state index in [4.69, 9.17) is 11.8 Å². The average Bonchev–Trinajstić information content (AvgIpc) is 2.73. The lowest BCUT2D eigenvalue weighted by molar-refractivity contribution is -0.121. The minimum absolute atomic E-state index is 0.0476. The van der Waals surface area contributed by atoms with Gasteiger partial charge in [-0.05, 0) is 55.2 Å². The first-order valence-corrected chi connectivity index (χ1v) is 9.69. The lowest BCUT2D eigenvalue weighted by atomic mass is 9.85. The number of rotatable bonds is 7. The maximum Gasteiger partial charge on any atom is 0.227 e. The van der Waals surface area contributed by atoms with Gasteiger partial charge in [-0.3, -0.25) is 9.78 Å². The van der Waals surface area contributed by atoms with E-state index < -0.39 is 0 Å². The van der Waals surface area contributed by atoms with Crippen LogP contribution in [-0.4, -0.2) is 28.5 Å². The van der Waals surface area contributed by atoms with Gasteiger partial charge in [-0.25, -0.2) is 5.01 Å². The summed E-state index contributed by atoms with van der Waals surface area (Å²) in [6, 6.07) is 14.1. The SMILES string of the molecule is O=C(Nc1ccncc1)C1CCC(N(CC=Cc2ccccc2)NCl)CC1. The van der Waals surface area contributed by atoms with Crippen LogP contribution in [0.4, 0.5) is 5.69 Å². The second-order valence-corrected chi connectivity index (χ2v) is 6.95. The zero-order chi connectivity index (χ0) is 18.9. The van der Waals surface area contributed by atoms with Gasteiger partial charge in [0.15, 0.2) is 0 Å². The number of pyridine rings is 1. The summed E-state index contributed by atoms with van der Waals surface area (Å²) >= 11 is 5.95. The third-order valence-electron chi connectivity index (χ3n) is 4.98. The predicted octanol–water partition coefficient (Wildman–Crippen LogP) is 4.25. The summed E-state index contributed by atoms with van der Waals surface area (Å²) < 4.78 is 0. The monoisotopic (exact) mass is 384 g/mol. The zero-order valence-corrected chi connectivity index (χ0v) is 16.0.